The summed E-state index contributed by atoms with van der Waals surface area (Å²) < 4.78 is 42.9. The highest BCUT2D eigenvalue weighted by molar-refractivity contribution is 8.13. The summed E-state index contributed by atoms with van der Waals surface area (Å²) in [7, 11) is 2.77. The van der Waals surface area contributed by atoms with Crippen LogP contribution in [0, 0.1) is 5.82 Å². The second-order valence-corrected chi connectivity index (χ2v) is 6.71. The van der Waals surface area contributed by atoms with Crippen molar-refractivity contribution in [3.05, 3.63) is 41.5 Å². The lowest BCUT2D eigenvalue weighted by atomic mass is 10.1. The first-order valence-electron chi connectivity index (χ1n) is 6.02. The molecule has 6 nitrogen and oxygen atoms in total. The van der Waals surface area contributed by atoms with Crippen molar-refractivity contribution < 1.29 is 17.5 Å². The monoisotopic (exact) mass is 333 g/mol. The topological polar surface area (TPSA) is 74.1 Å². The normalized spacial score (nSPS) is 11.8. The molecule has 0 unspecified atom stereocenters. The maximum Gasteiger partial charge on any atom is 0.296 e. The van der Waals surface area contributed by atoms with Gasteiger partial charge >= 0.3 is 0 Å². The highest BCUT2D eigenvalue weighted by Gasteiger charge is 2.22. The number of hydrogen-bond acceptors (Lipinski definition) is 5. The molecule has 1 aromatic heterocycles. The number of methoxy groups -OCH3 is 1. The van der Waals surface area contributed by atoms with Crippen molar-refractivity contribution in [3.63, 3.8) is 0 Å². The van der Waals surface area contributed by atoms with Crippen LogP contribution in [0.25, 0.3) is 0 Å². The van der Waals surface area contributed by atoms with Crippen LogP contribution in [0.2, 0.25) is 0 Å². The molecule has 0 radical (unpaired) electrons. The van der Waals surface area contributed by atoms with E-state index in [1.807, 2.05) is 0 Å². The van der Waals surface area contributed by atoms with Crippen molar-refractivity contribution in [1.29, 1.82) is 0 Å². The Labute approximate surface area is 125 Å². The van der Waals surface area contributed by atoms with Gasteiger partial charge < -0.3 is 4.74 Å². The van der Waals surface area contributed by atoms with Gasteiger partial charge in [0.15, 0.2) is 0 Å². The minimum Gasteiger partial charge on any atom is -0.383 e. The van der Waals surface area contributed by atoms with Gasteiger partial charge in [0.25, 0.3) is 14.2 Å². The summed E-state index contributed by atoms with van der Waals surface area (Å²) in [4.78, 5) is 0. The molecule has 0 aliphatic carbocycles. The van der Waals surface area contributed by atoms with E-state index in [1.165, 1.54) is 17.7 Å². The molecule has 2 aromatic rings. The first-order chi connectivity index (χ1) is 9.93. The largest absolute Gasteiger partial charge is 0.383 e. The predicted molar refractivity (Wildman–Crippen MR) is 74.1 cm³/mol. The molecule has 21 heavy (non-hydrogen) atoms. The molecule has 2 rings (SSSR count). The number of hydrogen-bond donors (Lipinski definition) is 0. The van der Waals surface area contributed by atoms with Crippen LogP contribution in [0.3, 0.4) is 0 Å². The second-order valence-electron chi connectivity index (χ2n) is 4.25. The minimum atomic E-state index is -4.03. The zero-order valence-electron chi connectivity index (χ0n) is 11.2. The quantitative estimate of drug-likeness (QED) is 0.750. The van der Waals surface area contributed by atoms with Crippen LogP contribution in [0.4, 0.5) is 4.39 Å². The van der Waals surface area contributed by atoms with E-state index in [0.717, 1.165) is 0 Å². The molecular formula is C12H13ClFN3O3S. The van der Waals surface area contributed by atoms with Crippen LogP contribution in [-0.4, -0.2) is 36.9 Å². The van der Waals surface area contributed by atoms with E-state index in [2.05, 4.69) is 10.2 Å². The van der Waals surface area contributed by atoms with Crippen LogP contribution in [0.5, 0.6) is 0 Å². The second kappa shape index (κ2) is 6.50. The summed E-state index contributed by atoms with van der Waals surface area (Å²) in [5.41, 5.74) is 0.391. The molecule has 0 N–H and O–H groups in total. The molecule has 1 aromatic carbocycles. The molecule has 0 aliphatic rings. The average molecular weight is 334 g/mol. The van der Waals surface area contributed by atoms with Gasteiger partial charge in [0.1, 0.15) is 11.6 Å². The maximum atomic E-state index is 13.7. The standard InChI is InChI=1S/C12H13ClFN3O3S/c1-20-7-6-17-11(15-16-12(17)21(13,18)19)8-9-4-2-3-5-10(9)14/h2-5H,6-8H2,1H3. The highest BCUT2D eigenvalue weighted by atomic mass is 35.7. The number of ether oxygens (including phenoxy) is 1. The van der Waals surface area contributed by atoms with E-state index in [4.69, 9.17) is 15.4 Å². The number of benzene rings is 1. The molecule has 0 fully saturated rings. The smallest absolute Gasteiger partial charge is 0.296 e. The Hall–Kier alpha value is -1.51. The van der Waals surface area contributed by atoms with E-state index in [0.29, 0.717) is 11.4 Å². The molecule has 1 heterocycles. The van der Waals surface area contributed by atoms with Gasteiger partial charge in [-0.2, -0.15) is 0 Å². The molecule has 114 valence electrons. The van der Waals surface area contributed by atoms with Crippen LogP contribution < -0.4 is 0 Å². The van der Waals surface area contributed by atoms with Crippen molar-refractivity contribution >= 4 is 19.7 Å². The van der Waals surface area contributed by atoms with Gasteiger partial charge in [0.2, 0.25) is 0 Å². The van der Waals surface area contributed by atoms with Gasteiger partial charge in [0, 0.05) is 30.8 Å². The fraction of sp³-hybridized carbons (Fsp3) is 0.333. The molecule has 0 bridgehead atoms. The Balaban J connectivity index is 2.40. The van der Waals surface area contributed by atoms with Gasteiger partial charge in [-0.1, -0.05) is 18.2 Å². The van der Waals surface area contributed by atoms with Gasteiger partial charge in [-0.3, -0.25) is 4.57 Å². The molecule has 0 saturated carbocycles. The molecule has 0 saturated heterocycles. The summed E-state index contributed by atoms with van der Waals surface area (Å²) >= 11 is 0. The first kappa shape index (κ1) is 15.9. The van der Waals surface area contributed by atoms with Crippen molar-refractivity contribution in [2.45, 2.75) is 18.1 Å². The summed E-state index contributed by atoms with van der Waals surface area (Å²) in [6, 6.07) is 6.18. The van der Waals surface area contributed by atoms with Crippen molar-refractivity contribution in [1.82, 2.24) is 14.8 Å². The van der Waals surface area contributed by atoms with Crippen molar-refractivity contribution in [3.8, 4) is 0 Å². The van der Waals surface area contributed by atoms with Gasteiger partial charge in [-0.25, -0.2) is 12.8 Å². The average Bonchev–Trinajstić information content (AvgIpc) is 2.82. The molecule has 0 amide bonds. The molecule has 0 atom stereocenters. The number of halogens is 2. The molecule has 9 heteroatoms. The maximum absolute atomic E-state index is 13.7. The Morgan fingerprint density at radius 3 is 2.67 bits per heavy atom. The van der Waals surface area contributed by atoms with Gasteiger partial charge in [-0.15, -0.1) is 10.2 Å². The fourth-order valence-corrected chi connectivity index (χ4v) is 2.79. The van der Waals surface area contributed by atoms with Crippen molar-refractivity contribution in [2.24, 2.45) is 0 Å². The van der Waals surface area contributed by atoms with Crippen LogP contribution in [0.15, 0.2) is 29.4 Å². The van der Waals surface area contributed by atoms with Crippen LogP contribution >= 0.6 is 10.7 Å². The Bertz CT molecular complexity index is 733. The Morgan fingerprint density at radius 2 is 2.05 bits per heavy atom. The Morgan fingerprint density at radius 1 is 1.33 bits per heavy atom. The van der Waals surface area contributed by atoms with E-state index in [-0.39, 0.29) is 24.7 Å². The lowest BCUT2D eigenvalue weighted by molar-refractivity contribution is 0.183. The zero-order chi connectivity index (χ0) is 15.5. The number of aromatic nitrogens is 3. The zero-order valence-corrected chi connectivity index (χ0v) is 12.7. The van der Waals surface area contributed by atoms with Crippen LogP contribution in [-0.2, 0) is 26.8 Å². The lowest BCUT2D eigenvalue weighted by Crippen LogP contribution is -2.13. The third-order valence-corrected chi connectivity index (χ3v) is 3.99. The number of rotatable bonds is 6. The van der Waals surface area contributed by atoms with Gasteiger partial charge in [0.05, 0.1) is 6.61 Å². The predicted octanol–water partition coefficient (Wildman–Crippen LogP) is 1.58. The molecular weight excluding hydrogens is 321 g/mol. The van der Waals surface area contributed by atoms with E-state index in [1.54, 1.807) is 18.2 Å². The number of nitrogens with zero attached hydrogens (tertiary/aromatic N) is 3. The minimum absolute atomic E-state index is 0.107. The van der Waals surface area contributed by atoms with E-state index in [9.17, 15) is 12.8 Å². The highest BCUT2D eigenvalue weighted by Crippen LogP contribution is 2.17. The summed E-state index contributed by atoms with van der Waals surface area (Å²) in [6.45, 7) is 0.455. The third-order valence-electron chi connectivity index (χ3n) is 2.84. The lowest BCUT2D eigenvalue weighted by Gasteiger charge is -2.08. The molecule has 0 aliphatic heterocycles. The van der Waals surface area contributed by atoms with E-state index < -0.39 is 14.9 Å². The summed E-state index contributed by atoms with van der Waals surface area (Å²) in [5, 5.41) is 7.01. The van der Waals surface area contributed by atoms with Crippen molar-refractivity contribution in [2.75, 3.05) is 13.7 Å². The van der Waals surface area contributed by atoms with Gasteiger partial charge in [-0.05, 0) is 11.6 Å². The summed E-state index contributed by atoms with van der Waals surface area (Å²) in [5.74, 6) is -0.0922. The first-order valence-corrected chi connectivity index (χ1v) is 8.33. The summed E-state index contributed by atoms with van der Waals surface area (Å²) in [6.07, 6.45) is 0.107. The SMILES string of the molecule is COCCn1c(Cc2ccccc2F)nnc1S(=O)(=O)Cl. The third kappa shape index (κ3) is 3.78. The van der Waals surface area contributed by atoms with Crippen LogP contribution in [0.1, 0.15) is 11.4 Å². The Kier molecular flexibility index (Phi) is 4.92. The molecule has 0 spiro atoms. The fourth-order valence-electron chi connectivity index (χ4n) is 1.85. The van der Waals surface area contributed by atoms with E-state index >= 15 is 0 Å².